The van der Waals surface area contributed by atoms with Crippen LogP contribution in [0.3, 0.4) is 0 Å². The van der Waals surface area contributed by atoms with Crippen LogP contribution in [-0.4, -0.2) is 55.8 Å². The molecule has 1 aliphatic rings. The summed E-state index contributed by atoms with van der Waals surface area (Å²) in [6.45, 7) is 3.84. The molecule has 0 aliphatic carbocycles. The van der Waals surface area contributed by atoms with Crippen molar-refractivity contribution >= 4 is 28.2 Å². The maximum Gasteiger partial charge on any atom is 0.323 e. The first-order valence-electron chi connectivity index (χ1n) is 7.43. The zero-order valence-electron chi connectivity index (χ0n) is 12.6. The maximum absolute atomic E-state index is 10.9. The minimum absolute atomic E-state index is 0.0655. The second-order valence-corrected chi connectivity index (χ2v) is 5.49. The number of anilines is 2. The number of aromatic nitrogens is 1. The van der Waals surface area contributed by atoms with Crippen molar-refractivity contribution in [3.8, 4) is 0 Å². The van der Waals surface area contributed by atoms with Crippen LogP contribution >= 0.6 is 0 Å². The topological polar surface area (TPSA) is 68.7 Å². The lowest BCUT2D eigenvalue weighted by molar-refractivity contribution is -0.135. The largest absolute Gasteiger partial charge is 0.480 e. The van der Waals surface area contributed by atoms with E-state index in [0.29, 0.717) is 5.82 Å². The molecule has 1 aromatic heterocycles. The third-order valence-electron chi connectivity index (χ3n) is 3.95. The Labute approximate surface area is 129 Å². The van der Waals surface area contributed by atoms with Crippen molar-refractivity contribution < 1.29 is 9.90 Å². The maximum atomic E-state index is 10.9. The predicted molar refractivity (Wildman–Crippen MR) is 87.7 cm³/mol. The van der Waals surface area contributed by atoms with Gasteiger partial charge in [-0.25, -0.2) is 4.98 Å². The van der Waals surface area contributed by atoms with Gasteiger partial charge in [-0.2, -0.15) is 0 Å². The molecule has 0 radical (unpaired) electrons. The number of benzene rings is 1. The number of rotatable bonds is 4. The molecule has 2 N–H and O–H groups in total. The van der Waals surface area contributed by atoms with Crippen molar-refractivity contribution in [2.24, 2.45) is 0 Å². The number of hydrogen-bond donors (Lipinski definition) is 2. The lowest BCUT2D eigenvalue weighted by Gasteiger charge is -2.30. The highest BCUT2D eigenvalue weighted by Gasteiger charge is 2.16. The van der Waals surface area contributed by atoms with Crippen LogP contribution in [0.15, 0.2) is 30.5 Å². The van der Waals surface area contributed by atoms with E-state index in [1.165, 1.54) is 5.69 Å². The van der Waals surface area contributed by atoms with Gasteiger partial charge in [0.2, 0.25) is 0 Å². The van der Waals surface area contributed by atoms with Gasteiger partial charge in [0.1, 0.15) is 12.4 Å². The summed E-state index contributed by atoms with van der Waals surface area (Å²) in [5.74, 6) is -0.156. The Hall–Kier alpha value is -2.34. The van der Waals surface area contributed by atoms with Crippen LogP contribution in [0.5, 0.6) is 0 Å². The van der Waals surface area contributed by atoms with Crippen molar-refractivity contribution in [3.05, 3.63) is 30.5 Å². The molecule has 0 atom stereocenters. The number of likely N-dealkylation sites (N-methyl/N-ethyl adjacent to an activating group) is 1. The summed E-state index contributed by atoms with van der Waals surface area (Å²) in [4.78, 5) is 19.4. The van der Waals surface area contributed by atoms with Crippen LogP contribution in [-0.2, 0) is 4.79 Å². The number of piperazine rings is 1. The average Bonchev–Trinajstić information content (AvgIpc) is 2.54. The predicted octanol–water partition coefficient (Wildman–Crippen LogP) is 1.17. The van der Waals surface area contributed by atoms with Gasteiger partial charge in [0.25, 0.3) is 0 Å². The minimum atomic E-state index is -0.862. The number of fused-ring (bicyclic) bond motifs is 1. The number of hydrogen-bond acceptors (Lipinski definition) is 5. The third-order valence-corrected chi connectivity index (χ3v) is 3.95. The Morgan fingerprint density at radius 1 is 1.32 bits per heavy atom. The minimum Gasteiger partial charge on any atom is -0.480 e. The number of carboxylic acid groups (broad SMARTS) is 1. The van der Waals surface area contributed by atoms with Gasteiger partial charge >= 0.3 is 5.97 Å². The first-order valence-corrected chi connectivity index (χ1v) is 7.43. The van der Waals surface area contributed by atoms with Crippen molar-refractivity contribution in [2.75, 3.05) is 49.6 Å². The molecule has 6 nitrogen and oxygen atoms in total. The third kappa shape index (κ3) is 2.82. The van der Waals surface area contributed by atoms with Crippen LogP contribution in [0.2, 0.25) is 0 Å². The molecule has 22 heavy (non-hydrogen) atoms. The van der Waals surface area contributed by atoms with E-state index < -0.39 is 5.97 Å². The van der Waals surface area contributed by atoms with E-state index in [1.807, 2.05) is 18.2 Å². The summed E-state index contributed by atoms with van der Waals surface area (Å²) >= 11 is 0. The van der Waals surface area contributed by atoms with E-state index >= 15 is 0 Å². The molecule has 0 amide bonds. The first-order chi connectivity index (χ1) is 10.7. The van der Waals surface area contributed by atoms with E-state index in [4.69, 9.17) is 5.11 Å². The molecular weight excluding hydrogens is 280 g/mol. The summed E-state index contributed by atoms with van der Waals surface area (Å²) in [7, 11) is 1.76. The second kappa shape index (κ2) is 6.19. The van der Waals surface area contributed by atoms with Crippen LogP contribution in [0.25, 0.3) is 10.8 Å². The summed E-state index contributed by atoms with van der Waals surface area (Å²) in [6.07, 6.45) is 1.75. The van der Waals surface area contributed by atoms with Crippen molar-refractivity contribution in [2.45, 2.75) is 0 Å². The number of nitrogens with one attached hydrogen (secondary N) is 1. The van der Waals surface area contributed by atoms with Crippen LogP contribution < -0.4 is 15.1 Å². The number of nitrogens with zero attached hydrogens (tertiary/aromatic N) is 3. The molecule has 0 saturated carbocycles. The molecule has 6 heteroatoms. The van der Waals surface area contributed by atoms with Gasteiger partial charge < -0.3 is 20.2 Å². The summed E-state index contributed by atoms with van der Waals surface area (Å²) in [5, 5.41) is 14.5. The number of aliphatic carboxylic acids is 1. The Morgan fingerprint density at radius 2 is 2.09 bits per heavy atom. The molecule has 1 fully saturated rings. The normalized spacial score (nSPS) is 15.0. The summed E-state index contributed by atoms with van der Waals surface area (Å²) in [5.41, 5.74) is 1.19. The fourth-order valence-corrected chi connectivity index (χ4v) is 2.94. The van der Waals surface area contributed by atoms with Crippen molar-refractivity contribution in [3.63, 3.8) is 0 Å². The fraction of sp³-hybridized carbons (Fsp3) is 0.375. The Morgan fingerprint density at radius 3 is 2.82 bits per heavy atom. The molecule has 3 rings (SSSR count). The van der Waals surface area contributed by atoms with Gasteiger partial charge in [-0.1, -0.05) is 12.1 Å². The molecule has 116 valence electrons. The monoisotopic (exact) mass is 300 g/mol. The molecule has 2 aromatic rings. The smallest absolute Gasteiger partial charge is 0.323 e. The summed E-state index contributed by atoms with van der Waals surface area (Å²) < 4.78 is 0. The van der Waals surface area contributed by atoms with E-state index in [0.717, 1.165) is 37.0 Å². The SMILES string of the molecule is CN(CC(=O)O)c1nccc2c(N3CCNCC3)cccc12. The van der Waals surface area contributed by atoms with Crippen LogP contribution in [0.4, 0.5) is 11.5 Å². The number of pyridine rings is 1. The van der Waals surface area contributed by atoms with Gasteiger partial charge in [0.15, 0.2) is 0 Å². The standard InChI is InChI=1S/C16H20N4O2/c1-19(11-15(21)22)16-13-3-2-4-14(12(13)5-6-18-16)20-9-7-17-8-10-20/h2-6,17H,7-11H2,1H3,(H,21,22). The van der Waals surface area contributed by atoms with Gasteiger partial charge in [-0.05, 0) is 12.1 Å². The van der Waals surface area contributed by atoms with Gasteiger partial charge in [0, 0.05) is 55.9 Å². The van der Waals surface area contributed by atoms with Gasteiger partial charge in [-0.3, -0.25) is 4.79 Å². The molecule has 0 bridgehead atoms. The zero-order chi connectivity index (χ0) is 15.5. The molecule has 2 heterocycles. The van der Waals surface area contributed by atoms with Crippen LogP contribution in [0, 0.1) is 0 Å². The second-order valence-electron chi connectivity index (χ2n) is 5.49. The summed E-state index contributed by atoms with van der Waals surface area (Å²) in [6, 6.07) is 8.14. The average molecular weight is 300 g/mol. The van der Waals surface area contributed by atoms with Crippen LogP contribution in [0.1, 0.15) is 0 Å². The van der Waals surface area contributed by atoms with Gasteiger partial charge in [-0.15, -0.1) is 0 Å². The quantitative estimate of drug-likeness (QED) is 0.883. The highest BCUT2D eigenvalue weighted by molar-refractivity contribution is 6.01. The van der Waals surface area contributed by atoms with E-state index in [1.54, 1.807) is 18.1 Å². The van der Waals surface area contributed by atoms with Crippen molar-refractivity contribution in [1.82, 2.24) is 10.3 Å². The number of carbonyl (C=O) groups is 1. The fourth-order valence-electron chi connectivity index (χ4n) is 2.94. The van der Waals surface area contributed by atoms with E-state index in [2.05, 4.69) is 21.3 Å². The Balaban J connectivity index is 2.04. The molecule has 0 spiro atoms. The van der Waals surface area contributed by atoms with E-state index in [-0.39, 0.29) is 6.54 Å². The first kappa shape index (κ1) is 14.6. The van der Waals surface area contributed by atoms with Gasteiger partial charge in [0.05, 0.1) is 0 Å². The highest BCUT2D eigenvalue weighted by atomic mass is 16.4. The molecular formula is C16H20N4O2. The van der Waals surface area contributed by atoms with E-state index in [9.17, 15) is 4.79 Å². The van der Waals surface area contributed by atoms with Crippen molar-refractivity contribution in [1.29, 1.82) is 0 Å². The molecule has 1 saturated heterocycles. The lowest BCUT2D eigenvalue weighted by atomic mass is 10.1. The molecule has 1 aromatic carbocycles. The zero-order valence-corrected chi connectivity index (χ0v) is 12.6. The lowest BCUT2D eigenvalue weighted by Crippen LogP contribution is -2.43. The number of carboxylic acids is 1. The Kier molecular flexibility index (Phi) is 4.11. The Bertz CT molecular complexity index is 683. The highest BCUT2D eigenvalue weighted by Crippen LogP contribution is 2.31. The molecule has 0 unspecified atom stereocenters. The molecule has 1 aliphatic heterocycles.